The van der Waals surface area contributed by atoms with E-state index in [0.717, 1.165) is 11.1 Å². The maximum Gasteiger partial charge on any atom is 0.286 e. The first-order chi connectivity index (χ1) is 8.52. The Morgan fingerprint density at radius 2 is 1.74 bits per heavy atom. The SMILES string of the molecule is CC(=C([SiH2]C(C)(C)C)S(=O)(=O)O)c1ccccc1C. The van der Waals surface area contributed by atoms with Crippen LogP contribution < -0.4 is 0 Å². The van der Waals surface area contributed by atoms with Crippen molar-refractivity contribution in [2.24, 2.45) is 0 Å². The van der Waals surface area contributed by atoms with Crippen LogP contribution in [-0.4, -0.2) is 22.5 Å². The van der Waals surface area contributed by atoms with E-state index in [0.29, 0.717) is 5.57 Å². The molecule has 0 unspecified atom stereocenters. The number of hydrogen-bond acceptors (Lipinski definition) is 2. The molecule has 0 atom stereocenters. The van der Waals surface area contributed by atoms with Crippen LogP contribution in [0.3, 0.4) is 0 Å². The summed E-state index contributed by atoms with van der Waals surface area (Å²) in [5, 5.41) is -0.0743. The predicted molar refractivity (Wildman–Crippen MR) is 83.6 cm³/mol. The van der Waals surface area contributed by atoms with Gasteiger partial charge in [0, 0.05) is 0 Å². The van der Waals surface area contributed by atoms with Crippen LogP contribution in [-0.2, 0) is 10.1 Å². The Hall–Kier alpha value is -0.913. The van der Waals surface area contributed by atoms with Crippen LogP contribution in [0.25, 0.3) is 5.57 Å². The molecule has 0 spiro atoms. The van der Waals surface area contributed by atoms with Crippen LogP contribution in [0.5, 0.6) is 0 Å². The van der Waals surface area contributed by atoms with E-state index in [2.05, 4.69) is 0 Å². The summed E-state index contributed by atoms with van der Waals surface area (Å²) in [7, 11) is -5.23. The molecule has 3 nitrogen and oxygen atoms in total. The zero-order valence-electron chi connectivity index (χ0n) is 12.2. The van der Waals surface area contributed by atoms with Crippen LogP contribution in [0, 0.1) is 6.92 Å². The molecule has 0 aliphatic heterocycles. The van der Waals surface area contributed by atoms with Gasteiger partial charge in [0.25, 0.3) is 10.1 Å². The summed E-state index contributed by atoms with van der Waals surface area (Å²) in [6, 6.07) is 7.64. The molecule has 1 rings (SSSR count). The summed E-state index contributed by atoms with van der Waals surface area (Å²) < 4.78 is 33.1. The molecule has 106 valence electrons. The standard InChI is InChI=1S/C14H22O3SSi/c1-10-8-6-7-9-12(10)11(2)13(18(15,16)17)19-14(3,4)5/h6-9H,19H2,1-5H3,(H,15,16,17). The topological polar surface area (TPSA) is 54.4 Å². The maximum atomic E-state index is 11.7. The highest BCUT2D eigenvalue weighted by atomic mass is 32.2. The first kappa shape index (κ1) is 16.1. The lowest BCUT2D eigenvalue weighted by Gasteiger charge is -2.20. The minimum atomic E-state index is -4.12. The summed E-state index contributed by atoms with van der Waals surface area (Å²) in [5.41, 5.74) is 2.60. The second-order valence-electron chi connectivity index (χ2n) is 6.08. The van der Waals surface area contributed by atoms with E-state index in [1.54, 1.807) is 6.92 Å². The second-order valence-corrected chi connectivity index (χ2v) is 11.2. The van der Waals surface area contributed by atoms with Gasteiger partial charge in [0.15, 0.2) is 0 Å². The average Bonchev–Trinajstić information content (AvgIpc) is 2.23. The van der Waals surface area contributed by atoms with E-state index in [1.807, 2.05) is 52.0 Å². The van der Waals surface area contributed by atoms with Gasteiger partial charge in [-0.25, -0.2) is 0 Å². The maximum absolute atomic E-state index is 11.7. The molecule has 5 heteroatoms. The third-order valence-corrected chi connectivity index (χ3v) is 7.34. The van der Waals surface area contributed by atoms with Gasteiger partial charge in [0.2, 0.25) is 0 Å². The van der Waals surface area contributed by atoms with Crippen molar-refractivity contribution < 1.29 is 13.0 Å². The number of allylic oxidation sites excluding steroid dienone is 1. The van der Waals surface area contributed by atoms with Crippen molar-refractivity contribution in [1.29, 1.82) is 0 Å². The highest BCUT2D eigenvalue weighted by Gasteiger charge is 2.25. The Morgan fingerprint density at radius 1 is 1.21 bits per heavy atom. The van der Waals surface area contributed by atoms with Crippen LogP contribution in [0.15, 0.2) is 28.8 Å². The van der Waals surface area contributed by atoms with E-state index in [4.69, 9.17) is 0 Å². The van der Waals surface area contributed by atoms with Gasteiger partial charge in [-0.2, -0.15) is 8.42 Å². The Morgan fingerprint density at radius 3 is 2.16 bits per heavy atom. The molecule has 0 aromatic heterocycles. The molecule has 1 N–H and O–H groups in total. The fourth-order valence-corrected chi connectivity index (χ4v) is 5.99. The molecule has 0 heterocycles. The Labute approximate surface area is 118 Å². The molecule has 0 fully saturated rings. The van der Waals surface area contributed by atoms with Crippen molar-refractivity contribution in [2.45, 2.75) is 39.7 Å². The van der Waals surface area contributed by atoms with Crippen molar-refractivity contribution in [1.82, 2.24) is 0 Å². The van der Waals surface area contributed by atoms with Gasteiger partial charge in [-0.1, -0.05) is 45.0 Å². The Balaban J connectivity index is 3.46. The fourth-order valence-electron chi connectivity index (χ4n) is 2.04. The zero-order chi connectivity index (χ0) is 14.8. The smallest absolute Gasteiger partial charge is 0.282 e. The second kappa shape index (κ2) is 5.61. The summed E-state index contributed by atoms with van der Waals surface area (Å²) in [5.74, 6) is 0. The molecular formula is C14H22O3SSi. The van der Waals surface area contributed by atoms with Crippen molar-refractivity contribution in [2.75, 3.05) is 0 Å². The number of rotatable bonds is 3. The van der Waals surface area contributed by atoms with E-state index >= 15 is 0 Å². The molecule has 0 saturated heterocycles. The fraction of sp³-hybridized carbons (Fsp3) is 0.429. The molecule has 0 saturated carbocycles. The van der Waals surface area contributed by atoms with E-state index in [-0.39, 0.29) is 9.57 Å². The monoisotopic (exact) mass is 298 g/mol. The lowest BCUT2D eigenvalue weighted by molar-refractivity contribution is 0.493. The zero-order valence-corrected chi connectivity index (χ0v) is 14.4. The minimum absolute atomic E-state index is 0.0743. The number of benzene rings is 1. The van der Waals surface area contributed by atoms with Crippen LogP contribution in [0.4, 0.5) is 0 Å². The quantitative estimate of drug-likeness (QED) is 0.689. The van der Waals surface area contributed by atoms with Crippen molar-refractivity contribution >= 4 is 25.2 Å². The summed E-state index contributed by atoms with van der Waals surface area (Å²) >= 11 is 0. The van der Waals surface area contributed by atoms with Gasteiger partial charge in [0.1, 0.15) is 0 Å². The van der Waals surface area contributed by atoms with Crippen LogP contribution in [0.2, 0.25) is 5.04 Å². The minimum Gasteiger partial charge on any atom is -0.282 e. The first-order valence-corrected chi connectivity index (χ1v) is 9.11. The Kier molecular flexibility index (Phi) is 4.76. The lowest BCUT2D eigenvalue weighted by Crippen LogP contribution is -2.19. The molecule has 1 aromatic rings. The van der Waals surface area contributed by atoms with Crippen molar-refractivity contribution in [3.05, 3.63) is 39.9 Å². The average molecular weight is 298 g/mol. The molecule has 0 amide bonds. The third-order valence-electron chi connectivity index (χ3n) is 2.97. The van der Waals surface area contributed by atoms with Gasteiger partial charge in [0.05, 0.1) is 14.0 Å². The largest absolute Gasteiger partial charge is 0.286 e. The molecule has 0 bridgehead atoms. The molecular weight excluding hydrogens is 276 g/mol. The normalized spacial score (nSPS) is 14.8. The molecule has 0 aliphatic rings. The predicted octanol–water partition coefficient (Wildman–Crippen LogP) is 2.96. The van der Waals surface area contributed by atoms with Crippen LogP contribution >= 0.6 is 0 Å². The first-order valence-electron chi connectivity index (χ1n) is 6.25. The van der Waals surface area contributed by atoms with Gasteiger partial charge < -0.3 is 0 Å². The number of hydrogen-bond donors (Lipinski definition) is 1. The molecule has 0 radical (unpaired) electrons. The Bertz CT molecular complexity index is 595. The third kappa shape index (κ3) is 4.60. The van der Waals surface area contributed by atoms with E-state index in [9.17, 15) is 13.0 Å². The van der Waals surface area contributed by atoms with Gasteiger partial charge in [-0.15, -0.1) is 0 Å². The van der Waals surface area contributed by atoms with Gasteiger partial charge >= 0.3 is 0 Å². The lowest BCUT2D eigenvalue weighted by atomic mass is 10.0. The molecule has 0 aliphatic carbocycles. The summed E-state index contributed by atoms with van der Waals surface area (Å²) in [6.45, 7) is 9.75. The van der Waals surface area contributed by atoms with E-state index in [1.165, 1.54) is 0 Å². The highest BCUT2D eigenvalue weighted by molar-refractivity contribution is 7.92. The van der Waals surface area contributed by atoms with Crippen LogP contribution in [0.1, 0.15) is 38.8 Å². The molecule has 1 aromatic carbocycles. The van der Waals surface area contributed by atoms with Gasteiger partial charge in [-0.05, 0) is 35.6 Å². The number of aryl methyl sites for hydroxylation is 1. The summed E-state index contributed by atoms with van der Waals surface area (Å²) in [6.07, 6.45) is 0. The molecule has 19 heavy (non-hydrogen) atoms. The highest BCUT2D eigenvalue weighted by Crippen LogP contribution is 2.30. The van der Waals surface area contributed by atoms with Crippen molar-refractivity contribution in [3.8, 4) is 0 Å². The van der Waals surface area contributed by atoms with Crippen molar-refractivity contribution in [3.63, 3.8) is 0 Å². The van der Waals surface area contributed by atoms with E-state index < -0.39 is 19.6 Å². The summed E-state index contributed by atoms with van der Waals surface area (Å²) in [4.78, 5) is 0. The van der Waals surface area contributed by atoms with Gasteiger partial charge in [-0.3, -0.25) is 4.55 Å².